The molecule has 1 saturated carbocycles. The monoisotopic (exact) mass is 254 g/mol. The lowest BCUT2D eigenvalue weighted by Gasteiger charge is -2.42. The molecule has 0 aromatic heterocycles. The minimum atomic E-state index is 0.304. The largest absolute Gasteiger partial charge is 0.395 e. The molecule has 2 unspecified atom stereocenters. The van der Waals surface area contributed by atoms with Gasteiger partial charge in [-0.15, -0.1) is 0 Å². The Kier molecular flexibility index (Phi) is 4.68. The van der Waals surface area contributed by atoms with Gasteiger partial charge in [0.2, 0.25) is 0 Å². The zero-order chi connectivity index (χ0) is 13.2. The van der Waals surface area contributed by atoms with Gasteiger partial charge < -0.3 is 10.8 Å². The van der Waals surface area contributed by atoms with Gasteiger partial charge in [0.25, 0.3) is 0 Å². The molecule has 0 bridgehead atoms. The van der Waals surface area contributed by atoms with Gasteiger partial charge in [-0.2, -0.15) is 0 Å². The van der Waals surface area contributed by atoms with Gasteiger partial charge in [-0.25, -0.2) is 0 Å². The molecule has 18 heavy (non-hydrogen) atoms. The molecular weight excluding hydrogens is 224 g/mol. The third kappa shape index (κ3) is 2.89. The van der Waals surface area contributed by atoms with E-state index in [0.29, 0.717) is 24.0 Å². The molecule has 1 aliphatic carbocycles. The van der Waals surface area contributed by atoms with Gasteiger partial charge in [0.15, 0.2) is 0 Å². The Bertz CT molecular complexity index is 261. The van der Waals surface area contributed by atoms with E-state index in [0.717, 1.165) is 25.6 Å². The van der Waals surface area contributed by atoms with E-state index in [-0.39, 0.29) is 0 Å². The highest BCUT2D eigenvalue weighted by molar-refractivity contribution is 4.93. The average molecular weight is 254 g/mol. The first-order valence-corrected chi connectivity index (χ1v) is 7.65. The van der Waals surface area contributed by atoms with E-state index in [9.17, 15) is 5.11 Å². The highest BCUT2D eigenvalue weighted by Gasteiger charge is 2.39. The zero-order valence-electron chi connectivity index (χ0n) is 12.1. The van der Waals surface area contributed by atoms with Crippen LogP contribution in [0, 0.1) is 17.3 Å². The Balaban J connectivity index is 1.98. The summed E-state index contributed by atoms with van der Waals surface area (Å²) in [6, 6.07) is 0.368. The Morgan fingerprint density at radius 3 is 2.44 bits per heavy atom. The van der Waals surface area contributed by atoms with E-state index in [1.54, 1.807) is 0 Å². The maximum Gasteiger partial charge on any atom is 0.0589 e. The number of aliphatic hydroxyl groups is 1. The van der Waals surface area contributed by atoms with Crippen LogP contribution in [0.2, 0.25) is 0 Å². The van der Waals surface area contributed by atoms with Crippen molar-refractivity contribution >= 4 is 0 Å². The van der Waals surface area contributed by atoms with Crippen molar-refractivity contribution in [1.29, 1.82) is 0 Å². The molecule has 1 saturated heterocycles. The Hall–Kier alpha value is -0.120. The summed E-state index contributed by atoms with van der Waals surface area (Å²) in [4.78, 5) is 2.51. The van der Waals surface area contributed by atoms with Crippen molar-refractivity contribution in [1.82, 2.24) is 4.90 Å². The third-order valence-electron chi connectivity index (χ3n) is 5.49. The third-order valence-corrected chi connectivity index (χ3v) is 5.49. The number of aliphatic hydroxyl groups excluding tert-OH is 1. The molecular formula is C15H30N2O. The molecule has 2 atom stereocenters. The number of hydrogen-bond donors (Lipinski definition) is 2. The molecule has 0 aromatic rings. The van der Waals surface area contributed by atoms with Crippen molar-refractivity contribution in [2.24, 2.45) is 23.0 Å². The fourth-order valence-electron chi connectivity index (χ4n) is 3.81. The molecule has 0 spiro atoms. The smallest absolute Gasteiger partial charge is 0.0589 e. The highest BCUT2D eigenvalue weighted by Crippen LogP contribution is 2.40. The van der Waals surface area contributed by atoms with E-state index in [1.807, 2.05) is 0 Å². The summed E-state index contributed by atoms with van der Waals surface area (Å²) >= 11 is 0. The van der Waals surface area contributed by atoms with E-state index in [1.165, 1.54) is 32.1 Å². The lowest BCUT2D eigenvalue weighted by atomic mass is 9.70. The molecule has 1 heterocycles. The van der Waals surface area contributed by atoms with Gasteiger partial charge in [-0.3, -0.25) is 4.90 Å². The quantitative estimate of drug-likeness (QED) is 0.805. The SMILES string of the molecule is CC1CCC(CN)(CN2CCC(C)C2CO)CC1. The van der Waals surface area contributed by atoms with Crippen LogP contribution in [-0.2, 0) is 0 Å². The Labute approximate surface area is 112 Å². The van der Waals surface area contributed by atoms with Crippen LogP contribution < -0.4 is 5.73 Å². The zero-order valence-corrected chi connectivity index (χ0v) is 12.1. The van der Waals surface area contributed by atoms with Gasteiger partial charge in [0, 0.05) is 12.6 Å². The minimum Gasteiger partial charge on any atom is -0.395 e. The molecule has 0 radical (unpaired) electrons. The lowest BCUT2D eigenvalue weighted by molar-refractivity contribution is 0.0616. The summed E-state index contributed by atoms with van der Waals surface area (Å²) in [6.45, 7) is 7.98. The summed E-state index contributed by atoms with van der Waals surface area (Å²) in [5.41, 5.74) is 6.42. The first-order valence-electron chi connectivity index (χ1n) is 7.65. The van der Waals surface area contributed by atoms with E-state index in [4.69, 9.17) is 5.73 Å². The van der Waals surface area contributed by atoms with E-state index >= 15 is 0 Å². The molecule has 3 nitrogen and oxygen atoms in total. The fraction of sp³-hybridized carbons (Fsp3) is 1.00. The fourth-order valence-corrected chi connectivity index (χ4v) is 3.81. The Morgan fingerprint density at radius 1 is 1.22 bits per heavy atom. The van der Waals surface area contributed by atoms with E-state index in [2.05, 4.69) is 18.7 Å². The van der Waals surface area contributed by atoms with Crippen molar-refractivity contribution in [2.75, 3.05) is 26.2 Å². The van der Waals surface area contributed by atoms with Crippen LogP contribution in [0.25, 0.3) is 0 Å². The first-order chi connectivity index (χ1) is 8.60. The maximum atomic E-state index is 9.56. The van der Waals surface area contributed by atoms with E-state index < -0.39 is 0 Å². The summed E-state index contributed by atoms with van der Waals surface area (Å²) in [6.07, 6.45) is 6.42. The van der Waals surface area contributed by atoms with Crippen LogP contribution in [-0.4, -0.2) is 42.3 Å². The second-order valence-corrected chi connectivity index (χ2v) is 6.87. The van der Waals surface area contributed by atoms with Crippen LogP contribution in [0.1, 0.15) is 46.0 Å². The van der Waals surface area contributed by atoms with Crippen molar-refractivity contribution in [3.63, 3.8) is 0 Å². The second kappa shape index (κ2) is 5.89. The molecule has 1 aliphatic heterocycles. The van der Waals surface area contributed by atoms with Crippen molar-refractivity contribution in [3.05, 3.63) is 0 Å². The summed E-state index contributed by atoms with van der Waals surface area (Å²) in [5.74, 6) is 1.50. The van der Waals surface area contributed by atoms with Crippen molar-refractivity contribution in [2.45, 2.75) is 52.0 Å². The molecule has 2 rings (SSSR count). The lowest BCUT2D eigenvalue weighted by Crippen LogP contribution is -2.47. The summed E-state index contributed by atoms with van der Waals surface area (Å²) in [7, 11) is 0. The molecule has 0 amide bonds. The van der Waals surface area contributed by atoms with Crippen LogP contribution in [0.5, 0.6) is 0 Å². The van der Waals surface area contributed by atoms with Gasteiger partial charge in [-0.1, -0.05) is 26.7 Å². The number of rotatable bonds is 4. The second-order valence-electron chi connectivity index (χ2n) is 6.87. The van der Waals surface area contributed by atoms with Crippen LogP contribution in [0.3, 0.4) is 0 Å². The van der Waals surface area contributed by atoms with Crippen LogP contribution >= 0.6 is 0 Å². The normalized spacial score (nSPS) is 42.3. The first kappa shape index (κ1) is 14.3. The Morgan fingerprint density at radius 2 is 1.89 bits per heavy atom. The molecule has 2 fully saturated rings. The van der Waals surface area contributed by atoms with Gasteiger partial charge >= 0.3 is 0 Å². The van der Waals surface area contributed by atoms with Crippen molar-refractivity contribution < 1.29 is 5.11 Å². The topological polar surface area (TPSA) is 49.5 Å². The number of nitrogens with zero attached hydrogens (tertiary/aromatic N) is 1. The predicted molar refractivity (Wildman–Crippen MR) is 75.3 cm³/mol. The van der Waals surface area contributed by atoms with Crippen LogP contribution in [0.4, 0.5) is 0 Å². The molecule has 2 aliphatic rings. The highest BCUT2D eigenvalue weighted by atomic mass is 16.3. The molecule has 3 N–H and O–H groups in total. The maximum absolute atomic E-state index is 9.56. The average Bonchev–Trinajstić information content (AvgIpc) is 2.73. The minimum absolute atomic E-state index is 0.304. The van der Waals surface area contributed by atoms with Crippen LogP contribution in [0.15, 0.2) is 0 Å². The summed E-state index contributed by atoms with van der Waals surface area (Å²) in [5, 5.41) is 9.56. The molecule has 3 heteroatoms. The predicted octanol–water partition coefficient (Wildman–Crippen LogP) is 1.84. The van der Waals surface area contributed by atoms with Gasteiger partial charge in [0.05, 0.1) is 6.61 Å². The number of nitrogens with two attached hydrogens (primary N) is 1. The van der Waals surface area contributed by atoms with Crippen molar-refractivity contribution in [3.8, 4) is 0 Å². The van der Waals surface area contributed by atoms with Gasteiger partial charge in [0.1, 0.15) is 0 Å². The molecule has 0 aromatic carbocycles. The van der Waals surface area contributed by atoms with Gasteiger partial charge in [-0.05, 0) is 49.6 Å². The molecule has 106 valence electrons. The standard InChI is InChI=1S/C15H30N2O/c1-12-3-6-15(10-16,7-4-12)11-17-8-5-13(2)14(17)9-18/h12-14,18H,3-11,16H2,1-2H3. The number of likely N-dealkylation sites (tertiary alicyclic amines) is 1. The number of hydrogen-bond acceptors (Lipinski definition) is 3. The summed E-state index contributed by atoms with van der Waals surface area (Å²) < 4.78 is 0.